The molecule has 0 radical (unpaired) electrons. The summed E-state index contributed by atoms with van der Waals surface area (Å²) in [5, 5.41) is 13.5. The van der Waals surface area contributed by atoms with E-state index in [9.17, 15) is 9.59 Å². The molecule has 3 aromatic rings. The smallest absolute Gasteiger partial charge is 0.255 e. The van der Waals surface area contributed by atoms with Gasteiger partial charge in [0.15, 0.2) is 5.65 Å². The summed E-state index contributed by atoms with van der Waals surface area (Å²) in [5.41, 5.74) is 4.44. The summed E-state index contributed by atoms with van der Waals surface area (Å²) < 4.78 is 0. The highest BCUT2D eigenvalue weighted by Gasteiger charge is 2.17. The highest BCUT2D eigenvalue weighted by molar-refractivity contribution is 6.05. The van der Waals surface area contributed by atoms with Crippen molar-refractivity contribution in [3.63, 3.8) is 0 Å². The number of pyridine rings is 1. The molecule has 7 heteroatoms. The third-order valence-corrected chi connectivity index (χ3v) is 4.12. The van der Waals surface area contributed by atoms with Crippen molar-refractivity contribution >= 4 is 34.2 Å². The van der Waals surface area contributed by atoms with Crippen LogP contribution in [0.2, 0.25) is 0 Å². The van der Waals surface area contributed by atoms with E-state index >= 15 is 0 Å². The van der Waals surface area contributed by atoms with E-state index in [0.29, 0.717) is 29.7 Å². The lowest BCUT2D eigenvalue weighted by atomic mass is 10.00. The van der Waals surface area contributed by atoms with Gasteiger partial charge in [-0.05, 0) is 43.2 Å². The summed E-state index contributed by atoms with van der Waals surface area (Å²) in [6, 6.07) is 7.13. The highest BCUT2D eigenvalue weighted by atomic mass is 16.2. The van der Waals surface area contributed by atoms with E-state index in [4.69, 9.17) is 0 Å². The molecule has 1 aliphatic rings. The first-order valence-corrected chi connectivity index (χ1v) is 7.65. The van der Waals surface area contributed by atoms with E-state index in [2.05, 4.69) is 25.8 Å². The fraction of sp³-hybridized carbons (Fsp3) is 0.176. The van der Waals surface area contributed by atoms with Crippen molar-refractivity contribution in [1.29, 1.82) is 0 Å². The van der Waals surface area contributed by atoms with Gasteiger partial charge >= 0.3 is 0 Å². The molecule has 0 bridgehead atoms. The molecule has 0 unspecified atom stereocenters. The maximum absolute atomic E-state index is 12.5. The van der Waals surface area contributed by atoms with E-state index in [-0.39, 0.29) is 11.8 Å². The summed E-state index contributed by atoms with van der Waals surface area (Å²) in [6.07, 6.45) is 2.67. The van der Waals surface area contributed by atoms with Crippen LogP contribution in [0.15, 0.2) is 30.5 Å². The molecule has 2 amide bonds. The number of aromatic amines is 1. The van der Waals surface area contributed by atoms with Gasteiger partial charge in [-0.15, -0.1) is 0 Å². The Bertz CT molecular complexity index is 976. The minimum Gasteiger partial charge on any atom is -0.326 e. The summed E-state index contributed by atoms with van der Waals surface area (Å²) >= 11 is 0. The summed E-state index contributed by atoms with van der Waals surface area (Å²) in [7, 11) is 0. The number of nitrogens with zero attached hydrogens (tertiary/aromatic N) is 2. The van der Waals surface area contributed by atoms with Crippen LogP contribution in [0, 0.1) is 6.92 Å². The maximum atomic E-state index is 12.5. The van der Waals surface area contributed by atoms with Crippen LogP contribution in [0.1, 0.15) is 28.0 Å². The number of aromatic nitrogens is 3. The van der Waals surface area contributed by atoms with Crippen LogP contribution in [0.4, 0.5) is 11.4 Å². The van der Waals surface area contributed by atoms with Gasteiger partial charge in [0.1, 0.15) is 0 Å². The Morgan fingerprint density at radius 3 is 3.00 bits per heavy atom. The standard InChI is InChI=1S/C17H15N5O2/c1-9-13-7-12(8-18-16(13)22-21-9)19-17(24)11-2-4-14-10(6-11)3-5-15(23)20-14/h2,4,6-8H,3,5H2,1H3,(H,19,24)(H,20,23)(H,18,21,22). The van der Waals surface area contributed by atoms with Crippen LogP contribution in [0.5, 0.6) is 0 Å². The average Bonchev–Trinajstić information content (AvgIpc) is 2.95. The van der Waals surface area contributed by atoms with Crippen LogP contribution < -0.4 is 10.6 Å². The Balaban J connectivity index is 1.59. The van der Waals surface area contributed by atoms with Gasteiger partial charge in [0.2, 0.25) is 5.91 Å². The van der Waals surface area contributed by atoms with Gasteiger partial charge in [-0.3, -0.25) is 14.7 Å². The lowest BCUT2D eigenvalue weighted by Gasteiger charge is -2.17. The van der Waals surface area contributed by atoms with Crippen molar-refractivity contribution in [3.05, 3.63) is 47.3 Å². The third kappa shape index (κ3) is 2.50. The zero-order valence-electron chi connectivity index (χ0n) is 13.0. The van der Waals surface area contributed by atoms with Gasteiger partial charge in [-0.25, -0.2) is 4.98 Å². The number of nitrogens with one attached hydrogen (secondary N) is 3. The molecule has 1 aromatic carbocycles. The first-order chi connectivity index (χ1) is 11.6. The first kappa shape index (κ1) is 14.4. The van der Waals surface area contributed by atoms with E-state index in [1.54, 1.807) is 18.3 Å². The Morgan fingerprint density at radius 2 is 2.12 bits per heavy atom. The molecule has 120 valence electrons. The van der Waals surface area contributed by atoms with Gasteiger partial charge in [-0.2, -0.15) is 5.10 Å². The van der Waals surface area contributed by atoms with Crippen LogP contribution in [0.25, 0.3) is 11.0 Å². The zero-order chi connectivity index (χ0) is 16.7. The van der Waals surface area contributed by atoms with E-state index in [1.165, 1.54) is 0 Å². The number of fused-ring (bicyclic) bond motifs is 2. The molecule has 0 saturated heterocycles. The molecule has 0 atom stereocenters. The number of hydrogen-bond acceptors (Lipinski definition) is 4. The molecule has 3 heterocycles. The molecular weight excluding hydrogens is 306 g/mol. The second-order valence-electron chi connectivity index (χ2n) is 5.82. The molecule has 7 nitrogen and oxygen atoms in total. The largest absolute Gasteiger partial charge is 0.326 e. The summed E-state index contributed by atoms with van der Waals surface area (Å²) in [4.78, 5) is 28.1. The van der Waals surface area contributed by atoms with Crippen LogP contribution in [-0.2, 0) is 11.2 Å². The fourth-order valence-electron chi connectivity index (χ4n) is 2.82. The van der Waals surface area contributed by atoms with Crippen molar-refractivity contribution in [1.82, 2.24) is 15.2 Å². The Kier molecular flexibility index (Phi) is 3.26. The van der Waals surface area contributed by atoms with Crippen LogP contribution in [0.3, 0.4) is 0 Å². The predicted octanol–water partition coefficient (Wildman–Crippen LogP) is 2.40. The molecule has 1 aliphatic heterocycles. The molecule has 0 aliphatic carbocycles. The molecule has 3 N–H and O–H groups in total. The molecule has 4 rings (SSSR count). The third-order valence-electron chi connectivity index (χ3n) is 4.12. The predicted molar refractivity (Wildman–Crippen MR) is 90.0 cm³/mol. The first-order valence-electron chi connectivity index (χ1n) is 7.65. The quantitative estimate of drug-likeness (QED) is 0.675. The Hall–Kier alpha value is -3.22. The number of amides is 2. The van der Waals surface area contributed by atoms with E-state index < -0.39 is 0 Å². The maximum Gasteiger partial charge on any atom is 0.255 e. The average molecular weight is 321 g/mol. The topological polar surface area (TPSA) is 99.8 Å². The monoisotopic (exact) mass is 321 g/mol. The number of carbonyl (C=O) groups is 2. The minimum absolute atomic E-state index is 0.00885. The summed E-state index contributed by atoms with van der Waals surface area (Å²) in [6.45, 7) is 1.90. The van der Waals surface area contributed by atoms with Gasteiger partial charge in [0, 0.05) is 28.8 Å². The van der Waals surface area contributed by atoms with Crippen LogP contribution >= 0.6 is 0 Å². The van der Waals surface area contributed by atoms with Gasteiger partial charge in [-0.1, -0.05) is 0 Å². The van der Waals surface area contributed by atoms with Crippen molar-refractivity contribution < 1.29 is 9.59 Å². The Labute approximate surface area is 137 Å². The number of rotatable bonds is 2. The van der Waals surface area contributed by atoms with Gasteiger partial charge in [0.25, 0.3) is 5.91 Å². The molecular formula is C17H15N5O2. The number of anilines is 2. The molecule has 24 heavy (non-hydrogen) atoms. The molecule has 0 fully saturated rings. The van der Waals surface area contributed by atoms with Crippen molar-refractivity contribution in [2.24, 2.45) is 0 Å². The number of carbonyl (C=O) groups excluding carboxylic acids is 2. The minimum atomic E-state index is -0.211. The number of H-pyrrole nitrogens is 1. The second kappa shape index (κ2) is 5.45. The number of hydrogen-bond donors (Lipinski definition) is 3. The molecule has 0 saturated carbocycles. The van der Waals surface area contributed by atoms with E-state index in [1.807, 2.05) is 19.1 Å². The van der Waals surface area contributed by atoms with Crippen molar-refractivity contribution in [2.45, 2.75) is 19.8 Å². The SMILES string of the molecule is Cc1[nH]nc2ncc(NC(=O)c3ccc4c(c3)CCC(=O)N4)cc12. The zero-order valence-corrected chi connectivity index (χ0v) is 13.0. The second-order valence-corrected chi connectivity index (χ2v) is 5.82. The summed E-state index contributed by atoms with van der Waals surface area (Å²) in [5.74, 6) is -0.202. The Morgan fingerprint density at radius 1 is 1.25 bits per heavy atom. The van der Waals surface area contributed by atoms with Crippen molar-refractivity contribution in [2.75, 3.05) is 10.6 Å². The van der Waals surface area contributed by atoms with Gasteiger partial charge in [0.05, 0.1) is 11.9 Å². The van der Waals surface area contributed by atoms with Crippen molar-refractivity contribution in [3.8, 4) is 0 Å². The lowest BCUT2D eigenvalue weighted by Crippen LogP contribution is -2.20. The van der Waals surface area contributed by atoms with Crippen LogP contribution in [-0.4, -0.2) is 27.0 Å². The fourth-order valence-corrected chi connectivity index (χ4v) is 2.82. The molecule has 0 spiro atoms. The lowest BCUT2D eigenvalue weighted by molar-refractivity contribution is -0.116. The number of benzene rings is 1. The van der Waals surface area contributed by atoms with Gasteiger partial charge < -0.3 is 10.6 Å². The molecule has 2 aromatic heterocycles. The van der Waals surface area contributed by atoms with E-state index in [0.717, 1.165) is 22.3 Å². The highest BCUT2D eigenvalue weighted by Crippen LogP contribution is 2.24. The normalized spacial score (nSPS) is 13.5. The number of aryl methyl sites for hydroxylation is 2.